The fourth-order valence-electron chi connectivity index (χ4n) is 2.95. The van der Waals surface area contributed by atoms with E-state index in [1.54, 1.807) is 0 Å². The van der Waals surface area contributed by atoms with Crippen LogP contribution in [0.15, 0.2) is 36.4 Å². The van der Waals surface area contributed by atoms with E-state index in [-0.39, 0.29) is 0 Å². The average molecular weight is 302 g/mol. The molecule has 0 aromatic heterocycles. The lowest BCUT2D eigenvalue weighted by molar-refractivity contribution is 0.341. The second-order valence-corrected chi connectivity index (χ2v) is 5.95. The predicted octanol–water partition coefficient (Wildman–Crippen LogP) is 5.15. The van der Waals surface area contributed by atoms with Gasteiger partial charge >= 0.3 is 0 Å². The molecule has 1 unspecified atom stereocenters. The Labute approximate surface area is 131 Å². The number of rotatable bonds is 4. The van der Waals surface area contributed by atoms with Crippen LogP contribution in [-0.4, -0.2) is 6.61 Å². The minimum absolute atomic E-state index is 0.333. The smallest absolute Gasteiger partial charge is 0.142 e. The van der Waals surface area contributed by atoms with Crippen molar-refractivity contribution in [2.75, 3.05) is 11.9 Å². The number of fused-ring (bicyclic) bond motifs is 1. The highest BCUT2D eigenvalue weighted by Crippen LogP contribution is 2.37. The Morgan fingerprint density at radius 2 is 2.10 bits per heavy atom. The predicted molar refractivity (Wildman–Crippen MR) is 88.5 cm³/mol. The highest BCUT2D eigenvalue weighted by molar-refractivity contribution is 6.30. The summed E-state index contributed by atoms with van der Waals surface area (Å²) >= 11 is 6.07. The van der Waals surface area contributed by atoms with E-state index >= 15 is 0 Å². The number of nitrogens with one attached hydrogen (secondary N) is 1. The number of hydrogen-bond acceptors (Lipinski definition) is 2. The van der Waals surface area contributed by atoms with E-state index in [9.17, 15) is 0 Å². The van der Waals surface area contributed by atoms with Crippen molar-refractivity contribution in [1.29, 1.82) is 0 Å². The van der Waals surface area contributed by atoms with Crippen molar-refractivity contribution < 1.29 is 4.74 Å². The first kappa shape index (κ1) is 14.3. The molecule has 0 fully saturated rings. The van der Waals surface area contributed by atoms with Gasteiger partial charge in [0.25, 0.3) is 0 Å². The first-order chi connectivity index (χ1) is 10.2. The normalized spacial score (nSPS) is 16.6. The van der Waals surface area contributed by atoms with E-state index in [1.807, 2.05) is 13.0 Å². The maximum Gasteiger partial charge on any atom is 0.142 e. The summed E-state index contributed by atoms with van der Waals surface area (Å²) in [6.07, 6.45) is 2.17. The van der Waals surface area contributed by atoms with Crippen LogP contribution in [0.3, 0.4) is 0 Å². The zero-order chi connectivity index (χ0) is 14.8. The zero-order valence-electron chi connectivity index (χ0n) is 12.4. The molecule has 1 atom stereocenters. The molecule has 3 rings (SSSR count). The lowest BCUT2D eigenvalue weighted by Gasteiger charge is -2.19. The van der Waals surface area contributed by atoms with Crippen molar-refractivity contribution in [1.82, 2.24) is 0 Å². The molecular weight excluding hydrogens is 282 g/mol. The topological polar surface area (TPSA) is 21.3 Å². The molecule has 0 heterocycles. The largest absolute Gasteiger partial charge is 0.492 e. The SMILES string of the molecule is CCOc1cc(C)ccc1NC1CCc2cc(Cl)ccc21. The number of benzene rings is 2. The molecule has 1 aliphatic carbocycles. The Hall–Kier alpha value is -1.67. The highest BCUT2D eigenvalue weighted by Gasteiger charge is 2.23. The van der Waals surface area contributed by atoms with Gasteiger partial charge in [-0.3, -0.25) is 0 Å². The summed E-state index contributed by atoms with van der Waals surface area (Å²) in [5, 5.41) is 4.45. The van der Waals surface area contributed by atoms with Crippen LogP contribution >= 0.6 is 11.6 Å². The summed E-state index contributed by atoms with van der Waals surface area (Å²) in [4.78, 5) is 0. The molecule has 110 valence electrons. The number of hydrogen-bond donors (Lipinski definition) is 1. The van der Waals surface area contributed by atoms with Gasteiger partial charge in [0.1, 0.15) is 5.75 Å². The molecule has 3 heteroatoms. The first-order valence-corrected chi connectivity index (χ1v) is 7.83. The highest BCUT2D eigenvalue weighted by atomic mass is 35.5. The molecule has 21 heavy (non-hydrogen) atoms. The van der Waals surface area contributed by atoms with Crippen molar-refractivity contribution in [3.05, 3.63) is 58.1 Å². The Morgan fingerprint density at radius 1 is 1.24 bits per heavy atom. The Balaban J connectivity index is 1.86. The second-order valence-electron chi connectivity index (χ2n) is 5.51. The molecule has 0 radical (unpaired) electrons. The van der Waals surface area contributed by atoms with E-state index in [2.05, 4.69) is 42.6 Å². The molecule has 2 nitrogen and oxygen atoms in total. The lowest BCUT2D eigenvalue weighted by atomic mass is 10.1. The minimum Gasteiger partial charge on any atom is -0.492 e. The average Bonchev–Trinajstić information content (AvgIpc) is 2.84. The van der Waals surface area contributed by atoms with Crippen LogP contribution in [-0.2, 0) is 6.42 Å². The number of aryl methyl sites for hydroxylation is 2. The molecule has 1 aliphatic rings. The van der Waals surface area contributed by atoms with Crippen molar-refractivity contribution in [2.45, 2.75) is 32.7 Å². The standard InChI is InChI=1S/C18H20ClNO/c1-3-21-18-10-12(2)4-8-17(18)20-16-9-5-13-11-14(19)6-7-15(13)16/h4,6-8,10-11,16,20H,3,5,9H2,1-2H3. The van der Waals surface area contributed by atoms with Gasteiger partial charge in [-0.25, -0.2) is 0 Å². The van der Waals surface area contributed by atoms with Gasteiger partial charge in [0.15, 0.2) is 0 Å². The lowest BCUT2D eigenvalue weighted by Crippen LogP contribution is -2.08. The van der Waals surface area contributed by atoms with Crippen molar-refractivity contribution in [3.8, 4) is 5.75 Å². The summed E-state index contributed by atoms with van der Waals surface area (Å²) < 4.78 is 5.75. The van der Waals surface area contributed by atoms with Crippen LogP contribution in [0, 0.1) is 6.92 Å². The van der Waals surface area contributed by atoms with Gasteiger partial charge in [-0.1, -0.05) is 23.7 Å². The van der Waals surface area contributed by atoms with Crippen LogP contribution in [0.1, 0.15) is 36.1 Å². The van der Waals surface area contributed by atoms with Crippen LogP contribution in [0.2, 0.25) is 5.02 Å². The Kier molecular flexibility index (Phi) is 4.07. The second kappa shape index (κ2) is 5.98. The Morgan fingerprint density at radius 3 is 2.90 bits per heavy atom. The zero-order valence-corrected chi connectivity index (χ0v) is 13.2. The maximum atomic E-state index is 6.07. The molecule has 0 amide bonds. The van der Waals surface area contributed by atoms with Gasteiger partial charge in [0, 0.05) is 5.02 Å². The molecule has 0 spiro atoms. The molecule has 2 aromatic rings. The summed E-state index contributed by atoms with van der Waals surface area (Å²) in [6.45, 7) is 4.77. The van der Waals surface area contributed by atoms with E-state index in [0.29, 0.717) is 12.6 Å². The molecule has 1 N–H and O–H groups in total. The maximum absolute atomic E-state index is 6.07. The third-order valence-corrected chi connectivity index (χ3v) is 4.18. The first-order valence-electron chi connectivity index (χ1n) is 7.45. The van der Waals surface area contributed by atoms with Crippen LogP contribution < -0.4 is 10.1 Å². The molecule has 0 aliphatic heterocycles. The minimum atomic E-state index is 0.333. The summed E-state index contributed by atoms with van der Waals surface area (Å²) in [5.41, 5.74) is 4.98. The van der Waals surface area contributed by atoms with Gasteiger partial charge in [0.2, 0.25) is 0 Å². The molecule has 2 aromatic carbocycles. The summed E-state index contributed by atoms with van der Waals surface area (Å²) in [7, 11) is 0. The number of halogens is 1. The van der Waals surface area contributed by atoms with Gasteiger partial charge in [-0.2, -0.15) is 0 Å². The van der Waals surface area contributed by atoms with Gasteiger partial charge in [-0.15, -0.1) is 0 Å². The molecule has 0 saturated heterocycles. The van der Waals surface area contributed by atoms with Crippen molar-refractivity contribution in [3.63, 3.8) is 0 Å². The molecular formula is C18H20ClNO. The molecule has 0 saturated carbocycles. The van der Waals surface area contributed by atoms with E-state index < -0.39 is 0 Å². The van der Waals surface area contributed by atoms with Crippen LogP contribution in [0.5, 0.6) is 5.75 Å². The summed E-state index contributed by atoms with van der Waals surface area (Å²) in [6, 6.07) is 12.8. The van der Waals surface area contributed by atoms with E-state index in [1.165, 1.54) is 16.7 Å². The fourth-order valence-corrected chi connectivity index (χ4v) is 3.14. The van der Waals surface area contributed by atoms with Crippen LogP contribution in [0.4, 0.5) is 5.69 Å². The molecule has 0 bridgehead atoms. The summed E-state index contributed by atoms with van der Waals surface area (Å²) in [5.74, 6) is 0.930. The van der Waals surface area contributed by atoms with Crippen molar-refractivity contribution >= 4 is 17.3 Å². The Bertz CT molecular complexity index is 654. The third-order valence-electron chi connectivity index (χ3n) is 3.95. The van der Waals surface area contributed by atoms with E-state index in [4.69, 9.17) is 16.3 Å². The number of anilines is 1. The van der Waals surface area contributed by atoms with Gasteiger partial charge in [0.05, 0.1) is 18.3 Å². The fraction of sp³-hybridized carbons (Fsp3) is 0.333. The van der Waals surface area contributed by atoms with Gasteiger partial charge in [-0.05, 0) is 67.6 Å². The monoisotopic (exact) mass is 301 g/mol. The van der Waals surface area contributed by atoms with Crippen molar-refractivity contribution in [2.24, 2.45) is 0 Å². The number of ether oxygens (including phenoxy) is 1. The third kappa shape index (κ3) is 3.01. The van der Waals surface area contributed by atoms with E-state index in [0.717, 1.165) is 29.3 Å². The quantitative estimate of drug-likeness (QED) is 0.843. The van der Waals surface area contributed by atoms with Gasteiger partial charge < -0.3 is 10.1 Å². The van der Waals surface area contributed by atoms with Crippen LogP contribution in [0.25, 0.3) is 0 Å².